The quantitative estimate of drug-likeness (QED) is 0.688. The predicted molar refractivity (Wildman–Crippen MR) is 70.8 cm³/mol. The van der Waals surface area contributed by atoms with Gasteiger partial charge in [0.1, 0.15) is 0 Å². The van der Waals surface area contributed by atoms with E-state index >= 15 is 0 Å². The number of aliphatic hydroxyl groups excluding tert-OH is 2. The molecule has 0 unspecified atom stereocenters. The third-order valence-corrected chi connectivity index (χ3v) is 2.77. The zero-order valence-electron chi connectivity index (χ0n) is 10.8. The van der Waals surface area contributed by atoms with E-state index in [0.29, 0.717) is 5.56 Å². The summed E-state index contributed by atoms with van der Waals surface area (Å²) in [5.74, 6) is -0.177. The van der Waals surface area contributed by atoms with Gasteiger partial charge >= 0.3 is 0 Å². The number of hydrogen-bond donors (Lipinski definition) is 3. The summed E-state index contributed by atoms with van der Waals surface area (Å²) in [4.78, 5) is 13.6. The summed E-state index contributed by atoms with van der Waals surface area (Å²) in [5.41, 5.74) is 2.52. The number of benzene rings is 1. The Morgan fingerprint density at radius 3 is 2.33 bits per heavy atom. The Morgan fingerprint density at radius 1 is 1.28 bits per heavy atom. The topological polar surface area (TPSA) is 72.8 Å². The molecule has 1 aromatic rings. The van der Waals surface area contributed by atoms with Crippen LogP contribution in [0.25, 0.3) is 0 Å². The largest absolute Gasteiger partial charge is 0.395 e. The Balaban J connectivity index is 2.90. The fourth-order valence-corrected chi connectivity index (χ4v) is 1.82. The lowest BCUT2D eigenvalue weighted by molar-refractivity contribution is 0.0685. The SMILES string of the molecule is CNc1ccc(C(=O)N(CCO)CCO)cc1C. The van der Waals surface area contributed by atoms with E-state index in [1.807, 2.05) is 20.0 Å². The van der Waals surface area contributed by atoms with Crippen LogP contribution in [0.4, 0.5) is 5.69 Å². The molecule has 1 rings (SSSR count). The molecule has 18 heavy (non-hydrogen) atoms. The zero-order valence-corrected chi connectivity index (χ0v) is 10.8. The molecule has 3 N–H and O–H groups in total. The van der Waals surface area contributed by atoms with Gasteiger partial charge < -0.3 is 20.4 Å². The van der Waals surface area contributed by atoms with Crippen LogP contribution in [0.2, 0.25) is 0 Å². The number of carbonyl (C=O) groups excluding carboxylic acids is 1. The maximum Gasteiger partial charge on any atom is 0.254 e. The van der Waals surface area contributed by atoms with E-state index in [2.05, 4.69) is 5.32 Å². The average Bonchev–Trinajstić information content (AvgIpc) is 2.37. The second kappa shape index (κ2) is 6.98. The first-order chi connectivity index (χ1) is 8.63. The molecule has 100 valence electrons. The first-order valence-corrected chi connectivity index (χ1v) is 5.93. The van der Waals surface area contributed by atoms with Crippen LogP contribution < -0.4 is 5.32 Å². The lowest BCUT2D eigenvalue weighted by atomic mass is 10.1. The van der Waals surface area contributed by atoms with Crippen molar-refractivity contribution in [3.63, 3.8) is 0 Å². The van der Waals surface area contributed by atoms with Crippen LogP contribution in [0.3, 0.4) is 0 Å². The minimum Gasteiger partial charge on any atom is -0.395 e. The van der Waals surface area contributed by atoms with Gasteiger partial charge in [-0.25, -0.2) is 0 Å². The number of nitrogens with one attached hydrogen (secondary N) is 1. The van der Waals surface area contributed by atoms with E-state index in [1.165, 1.54) is 4.90 Å². The van der Waals surface area contributed by atoms with E-state index in [4.69, 9.17) is 10.2 Å². The maximum absolute atomic E-state index is 12.2. The molecule has 0 fully saturated rings. The molecule has 0 aliphatic heterocycles. The highest BCUT2D eigenvalue weighted by Crippen LogP contribution is 2.16. The summed E-state index contributed by atoms with van der Waals surface area (Å²) in [5, 5.41) is 20.9. The maximum atomic E-state index is 12.2. The number of amides is 1. The molecule has 5 heteroatoms. The molecule has 0 saturated carbocycles. The van der Waals surface area contributed by atoms with Crippen molar-refractivity contribution in [2.75, 3.05) is 38.7 Å². The van der Waals surface area contributed by atoms with Crippen molar-refractivity contribution in [3.8, 4) is 0 Å². The summed E-state index contributed by atoms with van der Waals surface area (Å²) in [6.07, 6.45) is 0. The standard InChI is InChI=1S/C13H20N2O3/c1-10-9-11(3-4-12(10)14-2)13(18)15(5-7-16)6-8-17/h3-4,9,14,16-17H,5-8H2,1-2H3. The Hall–Kier alpha value is -1.59. The molecule has 0 bridgehead atoms. The molecular weight excluding hydrogens is 232 g/mol. The van der Waals surface area contributed by atoms with Gasteiger partial charge in [0, 0.05) is 31.4 Å². The monoisotopic (exact) mass is 252 g/mol. The number of carbonyl (C=O) groups is 1. The van der Waals surface area contributed by atoms with Gasteiger partial charge in [-0.3, -0.25) is 4.79 Å². The number of hydrogen-bond acceptors (Lipinski definition) is 4. The lowest BCUT2D eigenvalue weighted by Gasteiger charge is -2.21. The van der Waals surface area contributed by atoms with Crippen molar-refractivity contribution in [1.29, 1.82) is 0 Å². The van der Waals surface area contributed by atoms with Crippen molar-refractivity contribution in [2.45, 2.75) is 6.92 Å². The van der Waals surface area contributed by atoms with E-state index < -0.39 is 0 Å². The van der Waals surface area contributed by atoms with Gasteiger partial charge in [0.2, 0.25) is 0 Å². The zero-order chi connectivity index (χ0) is 13.5. The minimum absolute atomic E-state index is 0.112. The molecule has 0 aliphatic carbocycles. The fourth-order valence-electron chi connectivity index (χ4n) is 1.82. The Labute approximate surface area is 107 Å². The van der Waals surface area contributed by atoms with E-state index in [-0.39, 0.29) is 32.2 Å². The van der Waals surface area contributed by atoms with Gasteiger partial charge in [-0.1, -0.05) is 0 Å². The van der Waals surface area contributed by atoms with Gasteiger partial charge in [-0.15, -0.1) is 0 Å². The molecule has 0 heterocycles. The smallest absolute Gasteiger partial charge is 0.254 e. The second-order valence-electron chi connectivity index (χ2n) is 4.02. The molecular formula is C13H20N2O3. The molecule has 0 saturated heterocycles. The molecule has 0 spiro atoms. The van der Waals surface area contributed by atoms with E-state index in [1.54, 1.807) is 12.1 Å². The van der Waals surface area contributed by atoms with Crippen LogP contribution in [-0.2, 0) is 0 Å². The Kier molecular flexibility index (Phi) is 5.61. The third kappa shape index (κ3) is 3.45. The van der Waals surface area contributed by atoms with Crippen molar-refractivity contribution in [3.05, 3.63) is 29.3 Å². The van der Waals surface area contributed by atoms with Crippen molar-refractivity contribution < 1.29 is 15.0 Å². The van der Waals surface area contributed by atoms with Gasteiger partial charge in [-0.05, 0) is 30.7 Å². The van der Waals surface area contributed by atoms with Crippen molar-refractivity contribution in [2.24, 2.45) is 0 Å². The lowest BCUT2D eigenvalue weighted by Crippen LogP contribution is -2.35. The fraction of sp³-hybridized carbons (Fsp3) is 0.462. The molecule has 0 aromatic heterocycles. The number of aliphatic hydroxyl groups is 2. The molecule has 1 amide bonds. The number of rotatable bonds is 6. The predicted octanol–water partition coefficient (Wildman–Crippen LogP) is 0.464. The normalized spacial score (nSPS) is 10.2. The van der Waals surface area contributed by atoms with Crippen LogP contribution in [0.5, 0.6) is 0 Å². The van der Waals surface area contributed by atoms with Crippen LogP contribution in [0.15, 0.2) is 18.2 Å². The van der Waals surface area contributed by atoms with Gasteiger partial charge in [0.15, 0.2) is 0 Å². The third-order valence-electron chi connectivity index (χ3n) is 2.77. The van der Waals surface area contributed by atoms with Crippen molar-refractivity contribution >= 4 is 11.6 Å². The van der Waals surface area contributed by atoms with Crippen LogP contribution in [-0.4, -0.2) is 54.4 Å². The summed E-state index contributed by atoms with van der Waals surface area (Å²) in [6, 6.07) is 5.39. The summed E-state index contributed by atoms with van der Waals surface area (Å²) < 4.78 is 0. The summed E-state index contributed by atoms with van der Waals surface area (Å²) >= 11 is 0. The van der Waals surface area contributed by atoms with Gasteiger partial charge in [0.25, 0.3) is 5.91 Å². The average molecular weight is 252 g/mol. The summed E-state index contributed by atoms with van der Waals surface area (Å²) in [7, 11) is 1.83. The molecule has 0 radical (unpaired) electrons. The van der Waals surface area contributed by atoms with Gasteiger partial charge in [0.05, 0.1) is 13.2 Å². The second-order valence-corrected chi connectivity index (χ2v) is 4.02. The molecule has 1 aromatic carbocycles. The van der Waals surface area contributed by atoms with E-state index in [9.17, 15) is 4.79 Å². The highest BCUT2D eigenvalue weighted by molar-refractivity contribution is 5.95. The first kappa shape index (κ1) is 14.5. The Morgan fingerprint density at radius 2 is 1.89 bits per heavy atom. The van der Waals surface area contributed by atoms with Gasteiger partial charge in [-0.2, -0.15) is 0 Å². The first-order valence-electron chi connectivity index (χ1n) is 5.93. The summed E-state index contributed by atoms with van der Waals surface area (Å²) in [6.45, 7) is 2.15. The highest BCUT2D eigenvalue weighted by Gasteiger charge is 2.15. The van der Waals surface area contributed by atoms with E-state index in [0.717, 1.165) is 11.3 Å². The molecule has 0 atom stereocenters. The number of nitrogens with zero attached hydrogens (tertiary/aromatic N) is 1. The minimum atomic E-state index is -0.177. The van der Waals surface area contributed by atoms with Crippen LogP contribution >= 0.6 is 0 Å². The van der Waals surface area contributed by atoms with Crippen molar-refractivity contribution in [1.82, 2.24) is 4.90 Å². The number of anilines is 1. The molecule has 0 aliphatic rings. The highest BCUT2D eigenvalue weighted by atomic mass is 16.3. The van der Waals surface area contributed by atoms with Crippen LogP contribution in [0, 0.1) is 6.92 Å². The number of aryl methyl sites for hydroxylation is 1. The molecule has 5 nitrogen and oxygen atoms in total. The van der Waals surface area contributed by atoms with Crippen LogP contribution in [0.1, 0.15) is 15.9 Å². The Bertz CT molecular complexity index is 401.